The van der Waals surface area contributed by atoms with E-state index in [1.807, 2.05) is 0 Å². The fraction of sp³-hybridized carbons (Fsp3) is 0.0909. The maximum atomic E-state index is 12.6. The molecule has 0 aliphatic rings. The third-order valence-corrected chi connectivity index (χ3v) is 5.31. The minimum atomic E-state index is -4.53. The van der Waals surface area contributed by atoms with Crippen molar-refractivity contribution in [2.24, 2.45) is 5.14 Å². The van der Waals surface area contributed by atoms with Crippen LogP contribution in [-0.2, 0) is 16.2 Å². The molecule has 1 aromatic heterocycles. The van der Waals surface area contributed by atoms with E-state index >= 15 is 0 Å². The first-order chi connectivity index (χ1) is 9.09. The summed E-state index contributed by atoms with van der Waals surface area (Å²) in [4.78, 5) is 0.463. The van der Waals surface area contributed by atoms with E-state index in [0.717, 1.165) is 23.5 Å². The second kappa shape index (κ2) is 5.03. The number of nitrogens with two attached hydrogens (primary N) is 1. The molecule has 0 atom stereocenters. The van der Waals surface area contributed by atoms with Crippen LogP contribution in [0.25, 0.3) is 10.4 Å². The molecule has 3 nitrogen and oxygen atoms in total. The molecule has 0 unspecified atom stereocenters. The summed E-state index contributed by atoms with van der Waals surface area (Å²) in [6.07, 6.45) is -4.53. The van der Waals surface area contributed by atoms with E-state index in [4.69, 9.17) is 16.7 Å². The van der Waals surface area contributed by atoms with E-state index < -0.39 is 26.8 Å². The Bertz CT molecular complexity index is 753. The zero-order chi connectivity index (χ0) is 15.1. The van der Waals surface area contributed by atoms with E-state index in [1.165, 1.54) is 18.2 Å². The maximum Gasteiger partial charge on any atom is 0.417 e. The van der Waals surface area contributed by atoms with Crippen molar-refractivity contribution in [2.75, 3.05) is 0 Å². The number of rotatable bonds is 2. The molecule has 0 saturated heterocycles. The monoisotopic (exact) mass is 341 g/mol. The van der Waals surface area contributed by atoms with Crippen LogP contribution in [0.4, 0.5) is 13.2 Å². The summed E-state index contributed by atoms with van der Waals surface area (Å²) in [5.41, 5.74) is -0.547. The minimum absolute atomic E-state index is 0.0662. The van der Waals surface area contributed by atoms with E-state index in [2.05, 4.69) is 0 Å². The molecule has 0 fully saturated rings. The molecule has 2 aromatic rings. The molecule has 0 aliphatic heterocycles. The topological polar surface area (TPSA) is 60.2 Å². The average Bonchev–Trinajstić information content (AvgIpc) is 2.75. The largest absolute Gasteiger partial charge is 0.417 e. The average molecular weight is 342 g/mol. The molecule has 2 N–H and O–H groups in total. The highest BCUT2D eigenvalue weighted by Crippen LogP contribution is 2.38. The summed E-state index contributed by atoms with van der Waals surface area (Å²) in [7, 11) is -3.83. The van der Waals surface area contributed by atoms with Crippen molar-refractivity contribution in [3.8, 4) is 10.4 Å². The van der Waals surface area contributed by atoms with Gasteiger partial charge in [-0.1, -0.05) is 17.7 Å². The second-order valence-electron chi connectivity index (χ2n) is 3.86. The molecule has 0 aliphatic carbocycles. The van der Waals surface area contributed by atoms with Gasteiger partial charge < -0.3 is 0 Å². The molecular weight excluding hydrogens is 335 g/mol. The quantitative estimate of drug-likeness (QED) is 0.904. The van der Waals surface area contributed by atoms with Crippen molar-refractivity contribution < 1.29 is 21.6 Å². The lowest BCUT2D eigenvalue weighted by atomic mass is 10.1. The van der Waals surface area contributed by atoms with Crippen molar-refractivity contribution in [1.82, 2.24) is 0 Å². The van der Waals surface area contributed by atoms with Crippen LogP contribution in [0.2, 0.25) is 5.02 Å². The number of primary sulfonamides is 1. The van der Waals surface area contributed by atoms with Crippen LogP contribution in [-0.4, -0.2) is 8.42 Å². The third kappa shape index (κ3) is 3.14. The molecular formula is C11H7ClF3NO2S2. The lowest BCUT2D eigenvalue weighted by molar-refractivity contribution is -0.137. The molecule has 0 amide bonds. The predicted molar refractivity (Wildman–Crippen MR) is 71.1 cm³/mol. The van der Waals surface area contributed by atoms with Gasteiger partial charge in [-0.15, -0.1) is 11.3 Å². The molecule has 0 radical (unpaired) electrons. The fourth-order valence-electron chi connectivity index (χ4n) is 1.53. The zero-order valence-corrected chi connectivity index (χ0v) is 12.0. The van der Waals surface area contributed by atoms with Gasteiger partial charge in [-0.05, 0) is 29.8 Å². The first-order valence-corrected chi connectivity index (χ1v) is 7.83. The summed E-state index contributed by atoms with van der Waals surface area (Å²) < 4.78 is 59.9. The van der Waals surface area contributed by atoms with Gasteiger partial charge >= 0.3 is 6.18 Å². The molecule has 108 valence electrons. The van der Waals surface area contributed by atoms with Gasteiger partial charge in [0.05, 0.1) is 10.6 Å². The van der Waals surface area contributed by atoms with Crippen LogP contribution in [0.1, 0.15) is 5.56 Å². The van der Waals surface area contributed by atoms with Gasteiger partial charge in [0, 0.05) is 4.88 Å². The highest BCUT2D eigenvalue weighted by atomic mass is 35.5. The molecule has 20 heavy (non-hydrogen) atoms. The van der Waals surface area contributed by atoms with E-state index in [0.29, 0.717) is 10.4 Å². The second-order valence-corrected chi connectivity index (χ2v) is 7.14. The van der Waals surface area contributed by atoms with E-state index in [-0.39, 0.29) is 4.21 Å². The highest BCUT2D eigenvalue weighted by molar-refractivity contribution is 7.91. The molecule has 1 heterocycles. The molecule has 0 bridgehead atoms. The molecule has 1 aromatic carbocycles. The van der Waals surface area contributed by atoms with Crippen LogP contribution in [0, 0.1) is 0 Å². The summed E-state index contributed by atoms with van der Waals surface area (Å²) in [5, 5.41) is 4.52. The van der Waals surface area contributed by atoms with Gasteiger partial charge in [0.15, 0.2) is 0 Å². The number of alkyl halides is 3. The van der Waals surface area contributed by atoms with Gasteiger partial charge in [0.25, 0.3) is 0 Å². The Hall–Kier alpha value is -1.09. The summed E-state index contributed by atoms with van der Waals surface area (Å²) in [6.45, 7) is 0. The minimum Gasteiger partial charge on any atom is -0.224 e. The molecule has 0 spiro atoms. The molecule has 2 rings (SSSR count). The zero-order valence-electron chi connectivity index (χ0n) is 9.61. The Morgan fingerprint density at radius 1 is 1.15 bits per heavy atom. The van der Waals surface area contributed by atoms with Crippen LogP contribution in [0.5, 0.6) is 0 Å². The Morgan fingerprint density at radius 3 is 2.25 bits per heavy atom. The van der Waals surface area contributed by atoms with Gasteiger partial charge in [0.2, 0.25) is 10.0 Å². The van der Waals surface area contributed by atoms with Gasteiger partial charge in [-0.25, -0.2) is 13.6 Å². The van der Waals surface area contributed by atoms with Crippen LogP contribution in [0.3, 0.4) is 0 Å². The first kappa shape index (κ1) is 15.3. The van der Waals surface area contributed by atoms with Gasteiger partial charge in [-0.2, -0.15) is 13.2 Å². The maximum absolute atomic E-state index is 12.6. The molecule has 0 saturated carbocycles. The SMILES string of the molecule is NS(=O)(=O)c1ccc(-c2ccc(C(F)(F)F)c(Cl)c2)s1. The summed E-state index contributed by atoms with van der Waals surface area (Å²) >= 11 is 6.46. The number of halogens is 4. The Labute approximate surface area is 121 Å². The fourth-order valence-corrected chi connectivity index (χ4v) is 3.54. The summed E-state index contributed by atoms with van der Waals surface area (Å²) in [6, 6.07) is 5.98. The highest BCUT2D eigenvalue weighted by Gasteiger charge is 2.33. The number of hydrogen-bond donors (Lipinski definition) is 1. The van der Waals surface area contributed by atoms with Crippen molar-refractivity contribution >= 4 is 33.0 Å². The Kier molecular flexibility index (Phi) is 3.85. The van der Waals surface area contributed by atoms with E-state index in [9.17, 15) is 21.6 Å². The molecule has 9 heteroatoms. The number of sulfonamides is 1. The number of thiophene rings is 1. The van der Waals surface area contributed by atoms with Crippen LogP contribution in [0.15, 0.2) is 34.5 Å². The van der Waals surface area contributed by atoms with Crippen molar-refractivity contribution in [2.45, 2.75) is 10.4 Å². The van der Waals surface area contributed by atoms with Crippen molar-refractivity contribution in [3.05, 3.63) is 40.9 Å². The Balaban J connectivity index is 2.45. The lowest BCUT2D eigenvalue weighted by Gasteiger charge is -2.09. The lowest BCUT2D eigenvalue weighted by Crippen LogP contribution is -2.09. The predicted octanol–water partition coefficient (Wildman–Crippen LogP) is 3.73. The number of benzene rings is 1. The standard InChI is InChI=1S/C11H7ClF3NO2S2/c12-8-5-6(1-2-7(8)11(13,14)15)9-3-4-10(19-9)20(16,17)18/h1-5H,(H2,16,17,18). The Morgan fingerprint density at radius 2 is 1.80 bits per heavy atom. The summed E-state index contributed by atoms with van der Waals surface area (Å²) in [5.74, 6) is 0. The van der Waals surface area contributed by atoms with Crippen LogP contribution < -0.4 is 5.14 Å². The van der Waals surface area contributed by atoms with Crippen molar-refractivity contribution in [1.29, 1.82) is 0 Å². The van der Waals surface area contributed by atoms with Gasteiger partial charge in [-0.3, -0.25) is 0 Å². The number of hydrogen-bond acceptors (Lipinski definition) is 3. The smallest absolute Gasteiger partial charge is 0.224 e. The van der Waals surface area contributed by atoms with E-state index in [1.54, 1.807) is 0 Å². The first-order valence-electron chi connectivity index (χ1n) is 5.09. The normalized spacial score (nSPS) is 12.7. The third-order valence-electron chi connectivity index (χ3n) is 2.42. The van der Waals surface area contributed by atoms with Crippen molar-refractivity contribution in [3.63, 3.8) is 0 Å². The van der Waals surface area contributed by atoms with Crippen LogP contribution >= 0.6 is 22.9 Å². The van der Waals surface area contributed by atoms with Gasteiger partial charge in [0.1, 0.15) is 4.21 Å².